The number of hydrogen-bond acceptors (Lipinski definition) is 3. The van der Waals surface area contributed by atoms with E-state index in [1.807, 2.05) is 0 Å². The first-order valence-electron chi connectivity index (χ1n) is 1.97. The third-order valence-electron chi connectivity index (χ3n) is 0.455. The molecule has 0 aromatic heterocycles. The van der Waals surface area contributed by atoms with Gasteiger partial charge < -0.3 is 4.84 Å². The zero-order valence-electron chi connectivity index (χ0n) is 4.18. The molecule has 0 aromatic rings. The molecule has 3 heteroatoms. The minimum absolute atomic E-state index is 0.346. The Bertz CT molecular complexity index is 79.8. The molecule has 0 N–H and O–H groups in total. The quantitative estimate of drug-likeness (QED) is 0.289. The van der Waals surface area contributed by atoms with Crippen molar-refractivity contribution in [2.45, 2.75) is 13.3 Å². The zero-order valence-corrected chi connectivity index (χ0v) is 4.18. The van der Waals surface area contributed by atoms with E-state index in [-0.39, 0.29) is 5.97 Å². The summed E-state index contributed by atoms with van der Waals surface area (Å²) < 4.78 is 0. The summed E-state index contributed by atoms with van der Waals surface area (Å²) in [6.07, 6.45) is 0.346. The predicted octanol–water partition coefficient (Wildman–Crippen LogP) is 0.555. The molecule has 3 nitrogen and oxygen atoms in total. The highest BCUT2D eigenvalue weighted by Gasteiger charge is 1.91. The van der Waals surface area contributed by atoms with Crippen LogP contribution in [0.1, 0.15) is 13.3 Å². The van der Waals surface area contributed by atoms with Gasteiger partial charge >= 0.3 is 5.97 Å². The molecular weight excluding hydrogens is 94.0 g/mol. The second-order valence-corrected chi connectivity index (χ2v) is 0.946. The minimum atomic E-state index is -0.352. The first-order chi connectivity index (χ1) is 3.31. The number of rotatable bonds is 2. The van der Waals surface area contributed by atoms with Gasteiger partial charge in [-0.15, -0.1) is 0 Å². The Hall–Kier alpha value is -0.860. The standard InChI is InChI=1S/C4H7NO2/c1-3-4(6)7-5-2/h2-3H2,1H3. The van der Waals surface area contributed by atoms with Gasteiger partial charge in [0.2, 0.25) is 0 Å². The highest BCUT2D eigenvalue weighted by molar-refractivity contribution is 5.68. The lowest BCUT2D eigenvalue weighted by Crippen LogP contribution is -1.94. The average Bonchev–Trinajstić information content (AvgIpc) is 1.68. The van der Waals surface area contributed by atoms with Crippen molar-refractivity contribution in [3.05, 3.63) is 0 Å². The number of oxime groups is 1. The molecule has 0 radical (unpaired) electrons. The van der Waals surface area contributed by atoms with Gasteiger partial charge in [0.25, 0.3) is 0 Å². The molecule has 7 heavy (non-hydrogen) atoms. The normalized spacial score (nSPS) is 7.57. The van der Waals surface area contributed by atoms with Gasteiger partial charge in [0.15, 0.2) is 0 Å². The van der Waals surface area contributed by atoms with Crippen molar-refractivity contribution >= 4 is 12.7 Å². The molecule has 40 valence electrons. The van der Waals surface area contributed by atoms with E-state index in [2.05, 4.69) is 16.7 Å². The largest absolute Gasteiger partial charge is 0.334 e. The van der Waals surface area contributed by atoms with Gasteiger partial charge in [0.1, 0.15) is 0 Å². The maximum atomic E-state index is 10.1. The summed E-state index contributed by atoms with van der Waals surface area (Å²) in [5.41, 5.74) is 0. The van der Waals surface area contributed by atoms with E-state index >= 15 is 0 Å². The van der Waals surface area contributed by atoms with E-state index in [9.17, 15) is 4.79 Å². The van der Waals surface area contributed by atoms with Crippen LogP contribution in [0, 0.1) is 0 Å². The first-order valence-corrected chi connectivity index (χ1v) is 1.97. The topological polar surface area (TPSA) is 38.7 Å². The van der Waals surface area contributed by atoms with E-state index < -0.39 is 0 Å². The van der Waals surface area contributed by atoms with Crippen molar-refractivity contribution < 1.29 is 9.63 Å². The molecule has 0 rings (SSSR count). The van der Waals surface area contributed by atoms with Crippen LogP contribution in [-0.4, -0.2) is 12.7 Å². The molecular formula is C4H7NO2. The van der Waals surface area contributed by atoms with Crippen molar-refractivity contribution in [1.29, 1.82) is 0 Å². The van der Waals surface area contributed by atoms with Gasteiger partial charge in [-0.1, -0.05) is 12.1 Å². The Morgan fingerprint density at radius 2 is 2.57 bits per heavy atom. The van der Waals surface area contributed by atoms with Crippen LogP contribution in [0.15, 0.2) is 5.16 Å². The summed E-state index contributed by atoms with van der Waals surface area (Å²) in [5.74, 6) is -0.352. The third-order valence-corrected chi connectivity index (χ3v) is 0.455. The lowest BCUT2D eigenvalue weighted by Gasteiger charge is -1.86. The van der Waals surface area contributed by atoms with Crippen molar-refractivity contribution in [3.8, 4) is 0 Å². The van der Waals surface area contributed by atoms with E-state index in [1.54, 1.807) is 6.92 Å². The van der Waals surface area contributed by atoms with Crippen LogP contribution < -0.4 is 0 Å². The predicted molar refractivity (Wildman–Crippen MR) is 25.9 cm³/mol. The number of hydrogen-bond donors (Lipinski definition) is 0. The molecule has 0 fully saturated rings. The molecule has 0 spiro atoms. The lowest BCUT2D eigenvalue weighted by atomic mass is 10.5. The fourth-order valence-electron chi connectivity index (χ4n) is 0.137. The van der Waals surface area contributed by atoms with Crippen LogP contribution in [0.4, 0.5) is 0 Å². The van der Waals surface area contributed by atoms with Crippen LogP contribution in [-0.2, 0) is 9.63 Å². The maximum Gasteiger partial charge on any atom is 0.334 e. The SMILES string of the molecule is C=NOC(=O)CC. The molecule has 0 aromatic carbocycles. The monoisotopic (exact) mass is 101 g/mol. The molecule has 0 saturated carbocycles. The molecule has 0 amide bonds. The van der Waals surface area contributed by atoms with Gasteiger partial charge in [-0.3, -0.25) is 0 Å². The average molecular weight is 101 g/mol. The number of carbonyl (C=O) groups excluding carboxylic acids is 1. The second kappa shape index (κ2) is 3.33. The summed E-state index contributed by atoms with van der Waals surface area (Å²) in [4.78, 5) is 14.1. The van der Waals surface area contributed by atoms with Crippen molar-refractivity contribution in [2.75, 3.05) is 0 Å². The van der Waals surface area contributed by atoms with Crippen LogP contribution >= 0.6 is 0 Å². The summed E-state index contributed by atoms with van der Waals surface area (Å²) in [5, 5.41) is 2.91. The van der Waals surface area contributed by atoms with Crippen LogP contribution in [0.2, 0.25) is 0 Å². The summed E-state index contributed by atoms with van der Waals surface area (Å²) >= 11 is 0. The summed E-state index contributed by atoms with van der Waals surface area (Å²) in [6.45, 7) is 4.64. The van der Waals surface area contributed by atoms with Crippen molar-refractivity contribution in [2.24, 2.45) is 5.16 Å². The fourth-order valence-corrected chi connectivity index (χ4v) is 0.137. The molecule has 0 aliphatic carbocycles. The molecule has 0 saturated heterocycles. The molecule has 0 bridgehead atoms. The molecule has 0 aliphatic rings. The van der Waals surface area contributed by atoms with Crippen molar-refractivity contribution in [1.82, 2.24) is 0 Å². The Morgan fingerprint density at radius 1 is 2.00 bits per heavy atom. The minimum Gasteiger partial charge on any atom is -0.319 e. The summed E-state index contributed by atoms with van der Waals surface area (Å²) in [7, 11) is 0. The zero-order chi connectivity index (χ0) is 5.70. The first kappa shape index (κ1) is 6.14. The van der Waals surface area contributed by atoms with E-state index in [1.165, 1.54) is 0 Å². The van der Waals surface area contributed by atoms with Crippen molar-refractivity contribution in [3.63, 3.8) is 0 Å². The van der Waals surface area contributed by atoms with Gasteiger partial charge in [-0.05, 0) is 0 Å². The summed E-state index contributed by atoms with van der Waals surface area (Å²) in [6, 6.07) is 0. The Morgan fingerprint density at radius 3 is 2.71 bits per heavy atom. The molecule has 0 aliphatic heterocycles. The Kier molecular flexibility index (Phi) is 2.92. The lowest BCUT2D eigenvalue weighted by molar-refractivity contribution is -0.143. The van der Waals surface area contributed by atoms with E-state index in [4.69, 9.17) is 0 Å². The third kappa shape index (κ3) is 2.96. The smallest absolute Gasteiger partial charge is 0.319 e. The van der Waals surface area contributed by atoms with Crippen LogP contribution in [0.25, 0.3) is 0 Å². The van der Waals surface area contributed by atoms with Gasteiger partial charge in [-0.2, -0.15) is 0 Å². The number of nitrogens with zero attached hydrogens (tertiary/aromatic N) is 1. The van der Waals surface area contributed by atoms with E-state index in [0.29, 0.717) is 6.42 Å². The maximum absolute atomic E-state index is 10.1. The van der Waals surface area contributed by atoms with Crippen LogP contribution in [0.3, 0.4) is 0 Å². The molecule has 0 heterocycles. The highest BCUT2D eigenvalue weighted by Crippen LogP contribution is 1.80. The number of carbonyl (C=O) groups is 1. The van der Waals surface area contributed by atoms with E-state index in [0.717, 1.165) is 0 Å². The fraction of sp³-hybridized carbons (Fsp3) is 0.500. The second-order valence-electron chi connectivity index (χ2n) is 0.946. The van der Waals surface area contributed by atoms with Crippen LogP contribution in [0.5, 0.6) is 0 Å². The molecule has 0 unspecified atom stereocenters. The Balaban J connectivity index is 3.17. The van der Waals surface area contributed by atoms with Gasteiger partial charge in [0, 0.05) is 13.1 Å². The highest BCUT2D eigenvalue weighted by atomic mass is 16.7. The van der Waals surface area contributed by atoms with Gasteiger partial charge in [-0.25, -0.2) is 4.79 Å². The molecule has 0 atom stereocenters. The van der Waals surface area contributed by atoms with Gasteiger partial charge in [0.05, 0.1) is 0 Å². The Labute approximate surface area is 42.0 Å².